The van der Waals surface area contributed by atoms with Crippen molar-refractivity contribution in [1.82, 2.24) is 4.72 Å². The van der Waals surface area contributed by atoms with Gasteiger partial charge in [-0.1, -0.05) is 6.92 Å². The molecule has 96 valence electrons. The Morgan fingerprint density at radius 1 is 1.47 bits per heavy atom. The van der Waals surface area contributed by atoms with E-state index in [1.165, 1.54) is 11.3 Å². The zero-order chi connectivity index (χ0) is 12.5. The minimum Gasteiger partial charge on any atom is -0.324 e. The van der Waals surface area contributed by atoms with Crippen molar-refractivity contribution in [3.8, 4) is 0 Å². The Morgan fingerprint density at radius 3 is 2.65 bits per heavy atom. The molecule has 0 bridgehead atoms. The third-order valence-corrected chi connectivity index (χ3v) is 6.34. The first-order chi connectivity index (χ1) is 7.95. The van der Waals surface area contributed by atoms with Crippen LogP contribution in [0.3, 0.4) is 0 Å². The molecule has 0 saturated heterocycles. The van der Waals surface area contributed by atoms with Crippen LogP contribution in [-0.4, -0.2) is 20.5 Å². The van der Waals surface area contributed by atoms with Gasteiger partial charge in [0.25, 0.3) is 0 Å². The number of nitrogens with one attached hydrogen (secondary N) is 1. The molecule has 0 radical (unpaired) electrons. The summed E-state index contributed by atoms with van der Waals surface area (Å²) in [5, 5.41) is 0. The Kier molecular flexibility index (Phi) is 3.58. The fourth-order valence-electron chi connectivity index (χ4n) is 1.81. The van der Waals surface area contributed by atoms with Crippen molar-refractivity contribution in [2.24, 2.45) is 5.73 Å². The lowest BCUT2D eigenvalue weighted by Crippen LogP contribution is -2.54. The predicted molar refractivity (Wildman–Crippen MR) is 69.7 cm³/mol. The average Bonchev–Trinajstić information content (AvgIpc) is 2.73. The number of nitrogens with two attached hydrogens (primary N) is 1. The van der Waals surface area contributed by atoms with Crippen LogP contribution in [0.4, 0.5) is 0 Å². The van der Waals surface area contributed by atoms with Crippen LogP contribution in [0.5, 0.6) is 0 Å². The summed E-state index contributed by atoms with van der Waals surface area (Å²) in [5.74, 6) is 0. The number of hydrogen-bond donors (Lipinski definition) is 2. The van der Waals surface area contributed by atoms with Gasteiger partial charge in [0.2, 0.25) is 10.0 Å². The molecule has 1 saturated carbocycles. The third-order valence-electron chi connectivity index (χ3n) is 3.21. The quantitative estimate of drug-likeness (QED) is 0.854. The normalized spacial score (nSPS) is 18.9. The van der Waals surface area contributed by atoms with Gasteiger partial charge in [0, 0.05) is 17.0 Å². The highest BCUT2D eigenvalue weighted by Gasteiger charge is 2.33. The van der Waals surface area contributed by atoms with E-state index >= 15 is 0 Å². The van der Waals surface area contributed by atoms with E-state index in [0.29, 0.717) is 10.8 Å². The molecule has 17 heavy (non-hydrogen) atoms. The van der Waals surface area contributed by atoms with Crippen molar-refractivity contribution in [2.75, 3.05) is 6.54 Å². The van der Waals surface area contributed by atoms with Gasteiger partial charge < -0.3 is 5.73 Å². The number of aryl methyl sites for hydroxylation is 1. The van der Waals surface area contributed by atoms with Crippen LogP contribution in [-0.2, 0) is 16.4 Å². The molecule has 0 spiro atoms. The second-order valence-electron chi connectivity index (χ2n) is 4.61. The molecular formula is C11H18N2O2S2. The molecule has 0 atom stereocenters. The van der Waals surface area contributed by atoms with Crippen molar-refractivity contribution in [3.63, 3.8) is 0 Å². The van der Waals surface area contributed by atoms with Gasteiger partial charge in [-0.15, -0.1) is 11.3 Å². The lowest BCUT2D eigenvalue weighted by atomic mass is 9.78. The summed E-state index contributed by atoms with van der Waals surface area (Å²) in [4.78, 5) is 1.08. The molecule has 1 fully saturated rings. The molecule has 3 N–H and O–H groups in total. The Balaban J connectivity index is 2.03. The van der Waals surface area contributed by atoms with Gasteiger partial charge in [0.1, 0.15) is 4.21 Å². The fourth-order valence-corrected chi connectivity index (χ4v) is 4.29. The van der Waals surface area contributed by atoms with Crippen LogP contribution in [0, 0.1) is 0 Å². The topological polar surface area (TPSA) is 72.2 Å². The van der Waals surface area contributed by atoms with Crippen molar-refractivity contribution >= 4 is 21.4 Å². The monoisotopic (exact) mass is 274 g/mol. The summed E-state index contributed by atoms with van der Waals surface area (Å²) >= 11 is 1.32. The highest BCUT2D eigenvalue weighted by Crippen LogP contribution is 2.29. The van der Waals surface area contributed by atoms with Crippen molar-refractivity contribution in [3.05, 3.63) is 17.0 Å². The van der Waals surface area contributed by atoms with Gasteiger partial charge in [0.05, 0.1) is 0 Å². The molecule has 0 unspecified atom stereocenters. The Hall–Kier alpha value is -0.430. The molecule has 1 aromatic rings. The number of sulfonamides is 1. The molecule has 1 aliphatic carbocycles. The highest BCUT2D eigenvalue weighted by atomic mass is 32.2. The lowest BCUT2D eigenvalue weighted by molar-refractivity contribution is 0.251. The largest absolute Gasteiger partial charge is 0.324 e. The maximum Gasteiger partial charge on any atom is 0.250 e. The highest BCUT2D eigenvalue weighted by molar-refractivity contribution is 7.91. The van der Waals surface area contributed by atoms with Gasteiger partial charge in [0.15, 0.2) is 0 Å². The first kappa shape index (κ1) is 13.0. The smallest absolute Gasteiger partial charge is 0.250 e. The van der Waals surface area contributed by atoms with Crippen molar-refractivity contribution in [1.29, 1.82) is 0 Å². The van der Waals surface area contributed by atoms with Crippen LogP contribution in [0.25, 0.3) is 0 Å². The molecule has 0 aliphatic heterocycles. The first-order valence-electron chi connectivity index (χ1n) is 5.82. The van der Waals surface area contributed by atoms with Gasteiger partial charge >= 0.3 is 0 Å². The van der Waals surface area contributed by atoms with E-state index in [2.05, 4.69) is 4.72 Å². The number of hydrogen-bond acceptors (Lipinski definition) is 4. The van der Waals surface area contributed by atoms with Crippen molar-refractivity contribution < 1.29 is 8.42 Å². The summed E-state index contributed by atoms with van der Waals surface area (Å²) in [6.07, 6.45) is 3.76. The zero-order valence-electron chi connectivity index (χ0n) is 9.90. The van der Waals surface area contributed by atoms with E-state index in [1.54, 1.807) is 6.07 Å². The maximum atomic E-state index is 12.0. The maximum absolute atomic E-state index is 12.0. The van der Waals surface area contributed by atoms with Crippen molar-refractivity contribution in [2.45, 2.75) is 42.4 Å². The van der Waals surface area contributed by atoms with E-state index < -0.39 is 10.0 Å². The molecule has 6 heteroatoms. The summed E-state index contributed by atoms with van der Waals surface area (Å²) in [7, 11) is -3.37. The van der Waals surface area contributed by atoms with Crippen LogP contribution in [0.1, 0.15) is 31.1 Å². The standard InChI is InChI=1S/C11H18N2O2S2/c1-2-9-4-5-10(16-9)17(14,15)13-8-11(12)6-3-7-11/h4-5,13H,2-3,6-8,12H2,1H3. The Morgan fingerprint density at radius 2 is 2.18 bits per heavy atom. The Bertz CT molecular complexity index is 489. The predicted octanol–water partition coefficient (Wildman–Crippen LogP) is 1.47. The van der Waals surface area contributed by atoms with Crippen LogP contribution >= 0.6 is 11.3 Å². The van der Waals surface area contributed by atoms with Crippen LogP contribution in [0.2, 0.25) is 0 Å². The summed E-state index contributed by atoms with van der Waals surface area (Å²) in [6, 6.07) is 3.52. The molecule has 1 aromatic heterocycles. The molecule has 2 rings (SSSR count). The van der Waals surface area contributed by atoms with Crippen LogP contribution < -0.4 is 10.5 Å². The van der Waals surface area contributed by atoms with E-state index in [4.69, 9.17) is 5.73 Å². The molecule has 0 amide bonds. The average molecular weight is 274 g/mol. The lowest BCUT2D eigenvalue weighted by Gasteiger charge is -2.37. The minimum absolute atomic E-state index is 0.322. The summed E-state index contributed by atoms with van der Waals surface area (Å²) < 4.78 is 27.0. The molecule has 1 heterocycles. The van der Waals surface area contributed by atoms with Gasteiger partial charge in [-0.05, 0) is 37.8 Å². The summed E-state index contributed by atoms with van der Waals surface area (Å²) in [5.41, 5.74) is 5.67. The van der Waals surface area contributed by atoms with Gasteiger partial charge in [-0.2, -0.15) is 0 Å². The zero-order valence-corrected chi connectivity index (χ0v) is 11.5. The van der Waals surface area contributed by atoms with Gasteiger partial charge in [-0.25, -0.2) is 13.1 Å². The van der Waals surface area contributed by atoms with E-state index in [1.807, 2.05) is 13.0 Å². The Labute approximate surface area is 106 Å². The first-order valence-corrected chi connectivity index (χ1v) is 8.12. The van der Waals surface area contributed by atoms with E-state index in [-0.39, 0.29) is 5.54 Å². The molecule has 0 aromatic carbocycles. The SMILES string of the molecule is CCc1ccc(S(=O)(=O)NCC2(N)CCC2)s1. The van der Waals surface area contributed by atoms with Gasteiger partial charge in [-0.3, -0.25) is 0 Å². The number of thiophene rings is 1. The second-order valence-corrected chi connectivity index (χ2v) is 7.78. The molecule has 1 aliphatic rings. The molecule has 4 nitrogen and oxygen atoms in total. The number of rotatable bonds is 5. The summed E-state index contributed by atoms with van der Waals surface area (Å²) in [6.45, 7) is 2.35. The third kappa shape index (κ3) is 2.88. The van der Waals surface area contributed by atoms with E-state index in [0.717, 1.165) is 30.6 Å². The van der Waals surface area contributed by atoms with E-state index in [9.17, 15) is 8.42 Å². The second kappa shape index (κ2) is 4.68. The molecular weight excluding hydrogens is 256 g/mol. The minimum atomic E-state index is -3.37. The van der Waals surface area contributed by atoms with Crippen LogP contribution in [0.15, 0.2) is 16.3 Å². The fraction of sp³-hybridized carbons (Fsp3) is 0.636.